The van der Waals surface area contributed by atoms with Crippen LogP contribution in [0.4, 0.5) is 4.39 Å². The van der Waals surface area contributed by atoms with Crippen LogP contribution in [-0.2, 0) is 0 Å². The first-order chi connectivity index (χ1) is 10.1. The van der Waals surface area contributed by atoms with E-state index in [1.807, 2.05) is 6.07 Å². The minimum absolute atomic E-state index is 0.259. The number of piperidine rings is 1. The molecule has 0 amide bonds. The molecule has 0 bridgehead atoms. The molecule has 1 heterocycles. The fourth-order valence-corrected chi connectivity index (χ4v) is 3.60. The van der Waals surface area contributed by atoms with Crippen molar-refractivity contribution in [2.24, 2.45) is 0 Å². The number of benzene rings is 2. The number of halogens is 3. The van der Waals surface area contributed by atoms with Gasteiger partial charge in [0.25, 0.3) is 0 Å². The Morgan fingerprint density at radius 1 is 1.05 bits per heavy atom. The quantitative estimate of drug-likeness (QED) is 0.777. The molecule has 2 atom stereocenters. The zero-order valence-corrected chi connectivity index (χ0v) is 13.8. The second-order valence-electron chi connectivity index (χ2n) is 5.46. The first kappa shape index (κ1) is 15.0. The van der Waals surface area contributed by atoms with E-state index in [0.717, 1.165) is 29.5 Å². The largest absolute Gasteiger partial charge is 0.316 e. The smallest absolute Gasteiger partial charge is 0.124 e. The van der Waals surface area contributed by atoms with Crippen molar-refractivity contribution in [3.8, 4) is 0 Å². The summed E-state index contributed by atoms with van der Waals surface area (Å²) in [6.07, 6.45) is 0.987. The van der Waals surface area contributed by atoms with Crippen LogP contribution in [0, 0.1) is 5.82 Å². The lowest BCUT2D eigenvalue weighted by Crippen LogP contribution is -2.34. The van der Waals surface area contributed by atoms with Gasteiger partial charge in [-0.2, -0.15) is 0 Å². The summed E-state index contributed by atoms with van der Waals surface area (Å²) < 4.78 is 14.7. The van der Waals surface area contributed by atoms with Crippen LogP contribution in [-0.4, -0.2) is 13.1 Å². The molecule has 1 N–H and O–H groups in total. The van der Waals surface area contributed by atoms with Crippen LogP contribution in [0.2, 0.25) is 5.02 Å². The third-order valence-electron chi connectivity index (χ3n) is 4.09. The summed E-state index contributed by atoms with van der Waals surface area (Å²) in [7, 11) is 0. The highest BCUT2D eigenvalue weighted by Gasteiger charge is 2.28. The normalized spacial score (nSPS) is 22.2. The van der Waals surface area contributed by atoms with Crippen molar-refractivity contribution in [3.63, 3.8) is 0 Å². The van der Waals surface area contributed by atoms with Crippen LogP contribution in [0.15, 0.2) is 46.9 Å². The zero-order chi connectivity index (χ0) is 14.8. The summed E-state index contributed by atoms with van der Waals surface area (Å²) >= 11 is 9.49. The number of hydrogen-bond acceptors (Lipinski definition) is 1. The van der Waals surface area contributed by atoms with E-state index in [2.05, 4.69) is 45.5 Å². The molecule has 1 nitrogen and oxygen atoms in total. The standard InChI is InChI=1S/C17H16BrClFN/c18-13-3-1-11(2-4-13)17-10-21-6-5-16(17)12-7-14(19)9-15(20)8-12/h1-4,7-9,16-17,21H,5-6,10H2. The van der Waals surface area contributed by atoms with Crippen molar-refractivity contribution < 1.29 is 4.39 Å². The van der Waals surface area contributed by atoms with Crippen LogP contribution in [0.3, 0.4) is 0 Å². The molecule has 0 spiro atoms. The highest BCUT2D eigenvalue weighted by molar-refractivity contribution is 9.10. The summed E-state index contributed by atoms with van der Waals surface area (Å²) in [5, 5.41) is 3.91. The maximum absolute atomic E-state index is 13.7. The molecule has 1 aliphatic rings. The fraction of sp³-hybridized carbons (Fsp3) is 0.294. The molecular formula is C17H16BrClFN. The Bertz CT molecular complexity index is 609. The molecule has 2 aromatic rings. The van der Waals surface area contributed by atoms with Crippen molar-refractivity contribution in [3.05, 3.63) is 68.9 Å². The zero-order valence-electron chi connectivity index (χ0n) is 11.5. The van der Waals surface area contributed by atoms with E-state index in [4.69, 9.17) is 11.6 Å². The highest BCUT2D eigenvalue weighted by Crippen LogP contribution is 2.38. The van der Waals surface area contributed by atoms with Crippen molar-refractivity contribution >= 4 is 27.5 Å². The number of rotatable bonds is 2. The molecule has 0 saturated carbocycles. The molecule has 0 aliphatic carbocycles. The molecule has 2 unspecified atom stereocenters. The van der Waals surface area contributed by atoms with E-state index < -0.39 is 0 Å². The summed E-state index contributed by atoms with van der Waals surface area (Å²) in [6.45, 7) is 1.85. The van der Waals surface area contributed by atoms with Gasteiger partial charge in [0.05, 0.1) is 0 Å². The van der Waals surface area contributed by atoms with Gasteiger partial charge in [0.2, 0.25) is 0 Å². The van der Waals surface area contributed by atoms with Crippen molar-refractivity contribution in [1.29, 1.82) is 0 Å². The Hall–Kier alpha value is -0.900. The Kier molecular flexibility index (Phi) is 4.63. The van der Waals surface area contributed by atoms with Gasteiger partial charge in [-0.05, 0) is 60.3 Å². The second-order valence-corrected chi connectivity index (χ2v) is 6.81. The van der Waals surface area contributed by atoms with Crippen LogP contribution >= 0.6 is 27.5 Å². The van der Waals surface area contributed by atoms with Gasteiger partial charge in [0, 0.05) is 22.0 Å². The predicted molar refractivity (Wildman–Crippen MR) is 88.5 cm³/mol. The fourth-order valence-electron chi connectivity index (χ4n) is 3.11. The Balaban J connectivity index is 1.95. The van der Waals surface area contributed by atoms with Gasteiger partial charge < -0.3 is 5.32 Å². The van der Waals surface area contributed by atoms with Crippen molar-refractivity contribution in [1.82, 2.24) is 5.32 Å². The Labute approximate surface area is 137 Å². The average molecular weight is 369 g/mol. The summed E-state index contributed by atoms with van der Waals surface area (Å²) in [5.41, 5.74) is 2.27. The minimum atomic E-state index is -0.259. The first-order valence-electron chi connectivity index (χ1n) is 7.05. The summed E-state index contributed by atoms with van der Waals surface area (Å²) in [5.74, 6) is 0.371. The molecule has 0 aromatic heterocycles. The van der Waals surface area contributed by atoms with Gasteiger partial charge in [0.15, 0.2) is 0 Å². The molecule has 4 heteroatoms. The van der Waals surface area contributed by atoms with Crippen LogP contribution in [0.25, 0.3) is 0 Å². The lowest BCUT2D eigenvalue weighted by atomic mass is 9.77. The van der Waals surface area contributed by atoms with E-state index in [-0.39, 0.29) is 5.82 Å². The highest BCUT2D eigenvalue weighted by atomic mass is 79.9. The van der Waals surface area contributed by atoms with Crippen molar-refractivity contribution in [2.45, 2.75) is 18.3 Å². The van der Waals surface area contributed by atoms with E-state index in [9.17, 15) is 4.39 Å². The lowest BCUT2D eigenvalue weighted by Gasteiger charge is -2.33. The molecule has 3 rings (SSSR count). The summed E-state index contributed by atoms with van der Waals surface area (Å²) in [6, 6.07) is 13.3. The molecular weight excluding hydrogens is 353 g/mol. The molecule has 1 saturated heterocycles. The Morgan fingerprint density at radius 2 is 1.81 bits per heavy atom. The molecule has 1 aliphatic heterocycles. The third kappa shape index (κ3) is 3.47. The topological polar surface area (TPSA) is 12.0 Å². The molecule has 2 aromatic carbocycles. The van der Waals surface area contributed by atoms with E-state index in [0.29, 0.717) is 16.9 Å². The Morgan fingerprint density at radius 3 is 2.52 bits per heavy atom. The van der Waals surface area contributed by atoms with Crippen LogP contribution < -0.4 is 5.32 Å². The van der Waals surface area contributed by atoms with E-state index >= 15 is 0 Å². The van der Waals surface area contributed by atoms with Crippen LogP contribution in [0.5, 0.6) is 0 Å². The maximum atomic E-state index is 13.7. The molecule has 110 valence electrons. The van der Waals surface area contributed by atoms with Gasteiger partial charge in [-0.1, -0.05) is 39.7 Å². The average Bonchev–Trinajstić information content (AvgIpc) is 2.47. The molecule has 1 fully saturated rings. The maximum Gasteiger partial charge on any atom is 0.124 e. The second kappa shape index (κ2) is 6.47. The summed E-state index contributed by atoms with van der Waals surface area (Å²) in [4.78, 5) is 0. The van der Waals surface area contributed by atoms with Gasteiger partial charge in [-0.3, -0.25) is 0 Å². The molecule has 0 radical (unpaired) electrons. The van der Waals surface area contributed by atoms with Gasteiger partial charge >= 0.3 is 0 Å². The predicted octanol–water partition coefficient (Wildman–Crippen LogP) is 5.10. The third-order valence-corrected chi connectivity index (χ3v) is 4.84. The first-order valence-corrected chi connectivity index (χ1v) is 8.23. The molecule has 21 heavy (non-hydrogen) atoms. The number of hydrogen-bond donors (Lipinski definition) is 1. The van der Waals surface area contributed by atoms with E-state index in [1.54, 1.807) is 6.07 Å². The van der Waals surface area contributed by atoms with Gasteiger partial charge in [-0.15, -0.1) is 0 Å². The SMILES string of the molecule is Fc1cc(Cl)cc(C2CCNCC2c2ccc(Br)cc2)c1. The lowest BCUT2D eigenvalue weighted by molar-refractivity contribution is 0.403. The van der Waals surface area contributed by atoms with Crippen LogP contribution in [0.1, 0.15) is 29.4 Å². The monoisotopic (exact) mass is 367 g/mol. The van der Waals surface area contributed by atoms with Gasteiger partial charge in [-0.25, -0.2) is 4.39 Å². The number of nitrogens with one attached hydrogen (secondary N) is 1. The minimum Gasteiger partial charge on any atom is -0.316 e. The van der Waals surface area contributed by atoms with Crippen molar-refractivity contribution in [2.75, 3.05) is 13.1 Å². The van der Waals surface area contributed by atoms with E-state index in [1.165, 1.54) is 11.6 Å². The van der Waals surface area contributed by atoms with Gasteiger partial charge in [0.1, 0.15) is 5.82 Å².